The molecule has 1 aromatic carbocycles. The Morgan fingerprint density at radius 2 is 1.85 bits per heavy atom. The lowest BCUT2D eigenvalue weighted by Crippen LogP contribution is -2.48. The highest BCUT2D eigenvalue weighted by Gasteiger charge is 2.41. The second-order valence-corrected chi connectivity index (χ2v) is 8.98. The van der Waals surface area contributed by atoms with Gasteiger partial charge in [-0.25, -0.2) is 6.57 Å². The Balaban J connectivity index is 1.48. The molecule has 2 heterocycles. The molecule has 3 N–H and O–H groups in total. The molecule has 0 bridgehead atoms. The summed E-state index contributed by atoms with van der Waals surface area (Å²) in [6, 6.07) is 5.11. The van der Waals surface area contributed by atoms with E-state index in [9.17, 15) is 22.8 Å². The summed E-state index contributed by atoms with van der Waals surface area (Å²) in [7, 11) is 0. The number of rotatable bonds is 7. The van der Waals surface area contributed by atoms with Crippen molar-refractivity contribution in [3.05, 3.63) is 58.6 Å². The van der Waals surface area contributed by atoms with Crippen LogP contribution in [-0.2, 0) is 23.1 Å². The minimum atomic E-state index is -4.37. The predicted molar refractivity (Wildman–Crippen MR) is 117 cm³/mol. The summed E-state index contributed by atoms with van der Waals surface area (Å²) in [5.41, 5.74) is 5.02. The number of nitrogens with zero attached hydrogens (tertiary/aromatic N) is 4. The van der Waals surface area contributed by atoms with E-state index in [1.54, 1.807) is 4.68 Å². The van der Waals surface area contributed by atoms with E-state index in [4.69, 9.17) is 12.3 Å². The van der Waals surface area contributed by atoms with E-state index in [0.29, 0.717) is 32.5 Å². The highest BCUT2D eigenvalue weighted by atomic mass is 19.4. The van der Waals surface area contributed by atoms with Crippen LogP contribution in [-0.4, -0.2) is 46.1 Å². The molecule has 1 aliphatic carbocycles. The third kappa shape index (κ3) is 5.07. The summed E-state index contributed by atoms with van der Waals surface area (Å²) >= 11 is 0. The fourth-order valence-electron chi connectivity index (χ4n) is 4.25. The Hall–Kier alpha value is -3.39. The van der Waals surface area contributed by atoms with Gasteiger partial charge in [-0.2, -0.15) is 18.3 Å². The molecule has 0 atom stereocenters. The van der Waals surface area contributed by atoms with Gasteiger partial charge in [0.05, 0.1) is 5.56 Å². The average Bonchev–Trinajstić information content (AvgIpc) is 3.55. The highest BCUT2D eigenvalue weighted by molar-refractivity contribution is 6.02. The maximum absolute atomic E-state index is 12.8. The first-order valence-corrected chi connectivity index (χ1v) is 11.0. The first-order chi connectivity index (χ1) is 16.1. The molecule has 1 saturated heterocycles. The SMILES string of the molecule is [C-]#[N+]CC1(n2cc(C(N)=O)c(NC(=O)C3CC3)n2)CCN(Cc2ccc(C(F)(F)F)cc2)CC1. The van der Waals surface area contributed by atoms with E-state index in [1.807, 2.05) is 0 Å². The van der Waals surface area contributed by atoms with Crippen molar-refractivity contribution >= 4 is 17.6 Å². The Kier molecular flexibility index (Phi) is 6.36. The average molecular weight is 474 g/mol. The van der Waals surface area contributed by atoms with E-state index >= 15 is 0 Å². The molecule has 8 nitrogen and oxygen atoms in total. The maximum Gasteiger partial charge on any atom is 0.416 e. The van der Waals surface area contributed by atoms with Crippen molar-refractivity contribution in [3.63, 3.8) is 0 Å². The molecule has 4 rings (SSSR count). The van der Waals surface area contributed by atoms with Crippen LogP contribution in [0.5, 0.6) is 0 Å². The maximum atomic E-state index is 12.8. The zero-order valence-corrected chi connectivity index (χ0v) is 18.4. The number of hydrogen-bond donors (Lipinski definition) is 2. The number of halogens is 3. The quantitative estimate of drug-likeness (QED) is 0.602. The summed E-state index contributed by atoms with van der Waals surface area (Å²) < 4.78 is 40.0. The zero-order valence-electron chi connectivity index (χ0n) is 18.4. The van der Waals surface area contributed by atoms with Gasteiger partial charge >= 0.3 is 6.18 Å². The van der Waals surface area contributed by atoms with Gasteiger partial charge < -0.3 is 15.9 Å². The molecule has 2 amide bonds. The number of amides is 2. The first-order valence-electron chi connectivity index (χ1n) is 11.0. The summed E-state index contributed by atoms with van der Waals surface area (Å²) in [6.45, 7) is 9.25. The van der Waals surface area contributed by atoms with Crippen molar-refractivity contribution < 1.29 is 22.8 Å². The number of likely N-dealkylation sites (tertiary alicyclic amines) is 1. The van der Waals surface area contributed by atoms with E-state index in [1.165, 1.54) is 18.3 Å². The van der Waals surface area contributed by atoms with Gasteiger partial charge in [0.25, 0.3) is 5.91 Å². The number of benzene rings is 1. The lowest BCUT2D eigenvalue weighted by molar-refractivity contribution is -0.137. The second-order valence-electron chi connectivity index (χ2n) is 8.98. The van der Waals surface area contributed by atoms with Crippen LogP contribution in [0.3, 0.4) is 0 Å². The van der Waals surface area contributed by atoms with E-state index in [2.05, 4.69) is 20.2 Å². The molecule has 1 saturated carbocycles. The molecule has 2 aliphatic rings. The van der Waals surface area contributed by atoms with Crippen LogP contribution >= 0.6 is 0 Å². The number of primary amides is 1. The Morgan fingerprint density at radius 3 is 2.38 bits per heavy atom. The van der Waals surface area contributed by atoms with Crippen LogP contribution in [0.25, 0.3) is 4.85 Å². The Morgan fingerprint density at radius 1 is 1.21 bits per heavy atom. The molecular formula is C23H25F3N6O2. The van der Waals surface area contributed by atoms with Gasteiger partial charge in [-0.15, -0.1) is 0 Å². The monoisotopic (exact) mass is 474 g/mol. The van der Waals surface area contributed by atoms with Crippen LogP contribution < -0.4 is 11.1 Å². The molecule has 1 aliphatic heterocycles. The largest absolute Gasteiger partial charge is 0.416 e. The standard InChI is InChI=1S/C23H25F3N6O2/c1-28-14-22(32-13-18(19(27)33)20(30-32)29-21(34)16-4-5-16)8-10-31(11-9-22)12-15-2-6-17(7-3-15)23(24,25)26/h2-3,6-7,13,16H,4-5,8-12,14H2,(H2,27,33)(H,29,30,34). The van der Waals surface area contributed by atoms with E-state index in [-0.39, 0.29) is 29.8 Å². The lowest BCUT2D eigenvalue weighted by Gasteiger charge is -2.38. The number of aromatic nitrogens is 2. The van der Waals surface area contributed by atoms with Crippen LogP contribution in [0.1, 0.15) is 47.2 Å². The summed E-state index contributed by atoms with van der Waals surface area (Å²) in [5, 5.41) is 7.14. The van der Waals surface area contributed by atoms with Crippen LogP contribution in [0, 0.1) is 12.5 Å². The van der Waals surface area contributed by atoms with Gasteiger partial charge in [-0.3, -0.25) is 19.2 Å². The smallest absolute Gasteiger partial charge is 0.365 e. The fourth-order valence-corrected chi connectivity index (χ4v) is 4.25. The lowest BCUT2D eigenvalue weighted by atomic mass is 9.87. The molecule has 11 heteroatoms. The van der Waals surface area contributed by atoms with Gasteiger partial charge in [0.2, 0.25) is 12.5 Å². The summed E-state index contributed by atoms with van der Waals surface area (Å²) in [6.07, 6.45) is -0.170. The highest BCUT2D eigenvalue weighted by Crippen LogP contribution is 2.35. The minimum absolute atomic E-state index is 0.0727. The number of nitrogens with one attached hydrogen (secondary N) is 1. The van der Waals surface area contributed by atoms with Gasteiger partial charge in [-0.05, 0) is 43.4 Å². The van der Waals surface area contributed by atoms with Gasteiger partial charge in [0.1, 0.15) is 11.1 Å². The Bertz CT molecular complexity index is 1110. The normalized spacial score (nSPS) is 18.3. The molecule has 2 fully saturated rings. The number of hydrogen-bond acceptors (Lipinski definition) is 4. The van der Waals surface area contributed by atoms with Crippen LogP contribution in [0.2, 0.25) is 0 Å². The van der Waals surface area contributed by atoms with Crippen molar-refractivity contribution in [1.29, 1.82) is 0 Å². The second kappa shape index (κ2) is 9.10. The number of carbonyl (C=O) groups excluding carboxylic acids is 2. The first kappa shape index (κ1) is 23.8. The predicted octanol–water partition coefficient (Wildman–Crippen LogP) is 3.26. The number of nitrogens with two attached hydrogens (primary N) is 1. The number of piperidine rings is 1. The van der Waals surface area contributed by atoms with Crippen molar-refractivity contribution in [2.45, 2.75) is 43.9 Å². The molecule has 0 spiro atoms. The topological polar surface area (TPSA) is 97.6 Å². The third-order valence-corrected chi connectivity index (χ3v) is 6.50. The zero-order chi connectivity index (χ0) is 24.5. The number of alkyl halides is 3. The van der Waals surface area contributed by atoms with Crippen molar-refractivity contribution in [2.75, 3.05) is 25.0 Å². The van der Waals surface area contributed by atoms with Crippen molar-refractivity contribution in [3.8, 4) is 0 Å². The molecule has 2 aromatic rings. The van der Waals surface area contributed by atoms with Crippen molar-refractivity contribution in [1.82, 2.24) is 14.7 Å². The van der Waals surface area contributed by atoms with Crippen molar-refractivity contribution in [2.24, 2.45) is 11.7 Å². The van der Waals surface area contributed by atoms with Crippen LogP contribution in [0.4, 0.5) is 19.0 Å². The third-order valence-electron chi connectivity index (χ3n) is 6.50. The molecule has 0 radical (unpaired) electrons. The fraction of sp³-hybridized carbons (Fsp3) is 0.478. The summed E-state index contributed by atoms with van der Waals surface area (Å²) in [5.74, 6) is -0.870. The van der Waals surface area contributed by atoms with Gasteiger partial charge in [0, 0.05) is 31.7 Å². The number of anilines is 1. The molecule has 180 valence electrons. The minimum Gasteiger partial charge on any atom is -0.365 e. The number of carbonyl (C=O) groups is 2. The van der Waals surface area contributed by atoms with Gasteiger partial charge in [-0.1, -0.05) is 12.1 Å². The molecule has 1 aromatic heterocycles. The van der Waals surface area contributed by atoms with Crippen LogP contribution in [0.15, 0.2) is 30.5 Å². The van der Waals surface area contributed by atoms with E-state index < -0.39 is 23.2 Å². The summed E-state index contributed by atoms with van der Waals surface area (Å²) in [4.78, 5) is 29.9. The molecule has 34 heavy (non-hydrogen) atoms. The molecular weight excluding hydrogens is 449 g/mol. The molecule has 0 unspecified atom stereocenters. The van der Waals surface area contributed by atoms with E-state index in [0.717, 1.165) is 30.5 Å². The Labute approximate surface area is 194 Å². The van der Waals surface area contributed by atoms with Gasteiger partial charge in [0.15, 0.2) is 5.82 Å².